The van der Waals surface area contributed by atoms with Crippen molar-refractivity contribution in [3.63, 3.8) is 0 Å². The summed E-state index contributed by atoms with van der Waals surface area (Å²) >= 11 is 5.34. The monoisotopic (exact) mass is 313 g/mol. The van der Waals surface area contributed by atoms with E-state index in [2.05, 4.69) is 50.8 Å². The zero-order valence-electron chi connectivity index (χ0n) is 9.98. The lowest BCUT2D eigenvalue weighted by atomic mass is 10.2. The van der Waals surface area contributed by atoms with Gasteiger partial charge in [-0.05, 0) is 40.4 Å². The van der Waals surface area contributed by atoms with Crippen LogP contribution in [-0.2, 0) is 13.5 Å². The summed E-state index contributed by atoms with van der Waals surface area (Å²) in [7, 11) is 1.95. The van der Waals surface area contributed by atoms with Crippen molar-refractivity contribution in [2.75, 3.05) is 6.54 Å². The summed E-state index contributed by atoms with van der Waals surface area (Å²) in [5.41, 5.74) is 1.14. The van der Waals surface area contributed by atoms with Crippen LogP contribution in [-0.4, -0.2) is 16.3 Å². The molecule has 5 heteroatoms. The molecule has 0 bridgehead atoms. The van der Waals surface area contributed by atoms with E-state index in [4.69, 9.17) is 0 Å². The molecule has 0 spiro atoms. The van der Waals surface area contributed by atoms with Gasteiger partial charge in [0.15, 0.2) is 0 Å². The van der Waals surface area contributed by atoms with Crippen molar-refractivity contribution in [1.82, 2.24) is 15.1 Å². The van der Waals surface area contributed by atoms with Gasteiger partial charge in [0.05, 0.1) is 5.69 Å². The molecular weight excluding hydrogens is 298 g/mol. The minimum Gasteiger partial charge on any atom is -0.309 e. The van der Waals surface area contributed by atoms with Gasteiger partial charge in [0.1, 0.15) is 0 Å². The van der Waals surface area contributed by atoms with Crippen molar-refractivity contribution in [3.05, 3.63) is 38.8 Å². The van der Waals surface area contributed by atoms with E-state index in [9.17, 15) is 0 Å². The van der Waals surface area contributed by atoms with Crippen LogP contribution in [0.1, 0.15) is 23.5 Å². The van der Waals surface area contributed by atoms with Crippen molar-refractivity contribution >= 4 is 27.3 Å². The van der Waals surface area contributed by atoms with Crippen LogP contribution in [0.25, 0.3) is 0 Å². The Bertz CT molecular complexity index is 478. The molecule has 2 heterocycles. The van der Waals surface area contributed by atoms with Crippen molar-refractivity contribution < 1.29 is 0 Å². The van der Waals surface area contributed by atoms with Crippen LogP contribution < -0.4 is 5.32 Å². The van der Waals surface area contributed by atoms with E-state index in [1.54, 1.807) is 11.3 Å². The first-order valence-electron chi connectivity index (χ1n) is 5.61. The number of hydrogen-bond acceptors (Lipinski definition) is 3. The molecule has 0 fully saturated rings. The topological polar surface area (TPSA) is 29.9 Å². The average molecular weight is 314 g/mol. The van der Waals surface area contributed by atoms with Crippen LogP contribution in [0, 0.1) is 0 Å². The molecule has 2 aromatic rings. The molecule has 1 N–H and O–H groups in total. The Morgan fingerprint density at radius 2 is 2.35 bits per heavy atom. The first-order valence-corrected chi connectivity index (χ1v) is 7.29. The van der Waals surface area contributed by atoms with Gasteiger partial charge in [0.2, 0.25) is 0 Å². The van der Waals surface area contributed by atoms with Crippen LogP contribution in [0.4, 0.5) is 0 Å². The van der Waals surface area contributed by atoms with Crippen molar-refractivity contribution in [3.8, 4) is 0 Å². The van der Waals surface area contributed by atoms with Crippen LogP contribution in [0.3, 0.4) is 0 Å². The van der Waals surface area contributed by atoms with Gasteiger partial charge in [-0.15, -0.1) is 11.3 Å². The first-order chi connectivity index (χ1) is 8.16. The number of hydrogen-bond donors (Lipinski definition) is 1. The average Bonchev–Trinajstić information content (AvgIpc) is 2.87. The maximum atomic E-state index is 4.36. The molecular formula is C12H16BrN3S. The smallest absolute Gasteiger partial charge is 0.0637 e. The number of thiophene rings is 1. The highest BCUT2D eigenvalue weighted by molar-refractivity contribution is 9.10. The number of aryl methyl sites for hydroxylation is 1. The molecule has 0 aliphatic carbocycles. The second kappa shape index (κ2) is 5.80. The van der Waals surface area contributed by atoms with Gasteiger partial charge in [0.25, 0.3) is 0 Å². The van der Waals surface area contributed by atoms with Gasteiger partial charge in [-0.1, -0.05) is 0 Å². The highest BCUT2D eigenvalue weighted by Gasteiger charge is 2.09. The Hall–Kier alpha value is -0.650. The van der Waals surface area contributed by atoms with Crippen LogP contribution in [0.5, 0.6) is 0 Å². The largest absolute Gasteiger partial charge is 0.309 e. The van der Waals surface area contributed by atoms with Gasteiger partial charge in [-0.25, -0.2) is 0 Å². The minimum atomic E-state index is 0.382. The van der Waals surface area contributed by atoms with E-state index in [-0.39, 0.29) is 0 Å². The SMILES string of the molecule is CC(NCCc1ccn(C)n1)c1sccc1Br. The lowest BCUT2D eigenvalue weighted by Gasteiger charge is -2.12. The fraction of sp³-hybridized carbons (Fsp3) is 0.417. The third kappa shape index (κ3) is 3.40. The molecule has 0 amide bonds. The number of nitrogens with zero attached hydrogens (tertiary/aromatic N) is 2. The molecule has 0 aromatic carbocycles. The summed E-state index contributed by atoms with van der Waals surface area (Å²) < 4.78 is 3.04. The Kier molecular flexibility index (Phi) is 4.36. The van der Waals surface area contributed by atoms with Gasteiger partial charge < -0.3 is 5.32 Å². The Morgan fingerprint density at radius 1 is 1.53 bits per heavy atom. The molecule has 0 saturated carbocycles. The molecule has 1 unspecified atom stereocenters. The standard InChI is InChI=1S/C12H16BrN3S/c1-9(12-11(13)5-8-17-12)14-6-3-10-4-7-16(2)15-10/h4-5,7-9,14H,3,6H2,1-2H3. The summed E-state index contributed by atoms with van der Waals surface area (Å²) in [5.74, 6) is 0. The molecule has 1 atom stereocenters. The van der Waals surface area contributed by atoms with Gasteiger partial charge in [0, 0.05) is 41.6 Å². The summed E-state index contributed by atoms with van der Waals surface area (Å²) in [5, 5.41) is 9.98. The van der Waals surface area contributed by atoms with Gasteiger partial charge in [-0.3, -0.25) is 4.68 Å². The molecule has 17 heavy (non-hydrogen) atoms. The van der Waals surface area contributed by atoms with E-state index in [0.717, 1.165) is 18.7 Å². The fourth-order valence-corrected chi connectivity index (χ4v) is 3.47. The fourth-order valence-electron chi connectivity index (χ4n) is 1.72. The summed E-state index contributed by atoms with van der Waals surface area (Å²) in [4.78, 5) is 1.35. The maximum absolute atomic E-state index is 4.36. The normalized spacial score (nSPS) is 12.9. The lowest BCUT2D eigenvalue weighted by Crippen LogP contribution is -2.21. The molecule has 0 aliphatic rings. The van der Waals surface area contributed by atoms with E-state index in [1.165, 1.54) is 9.35 Å². The second-order valence-electron chi connectivity index (χ2n) is 4.04. The van der Waals surface area contributed by atoms with Crippen LogP contribution in [0.15, 0.2) is 28.2 Å². The van der Waals surface area contributed by atoms with Crippen molar-refractivity contribution in [2.24, 2.45) is 7.05 Å². The summed E-state index contributed by atoms with van der Waals surface area (Å²) in [6.07, 6.45) is 2.95. The molecule has 2 aromatic heterocycles. The Morgan fingerprint density at radius 3 is 2.94 bits per heavy atom. The third-order valence-electron chi connectivity index (χ3n) is 2.64. The number of halogens is 1. The zero-order valence-corrected chi connectivity index (χ0v) is 12.4. The number of nitrogens with one attached hydrogen (secondary N) is 1. The second-order valence-corrected chi connectivity index (χ2v) is 5.84. The quantitative estimate of drug-likeness (QED) is 0.919. The highest BCUT2D eigenvalue weighted by Crippen LogP contribution is 2.28. The predicted molar refractivity (Wildman–Crippen MR) is 75.3 cm³/mol. The molecule has 0 radical (unpaired) electrons. The van der Waals surface area contributed by atoms with Gasteiger partial charge in [-0.2, -0.15) is 5.10 Å². The summed E-state index contributed by atoms with van der Waals surface area (Å²) in [6.45, 7) is 3.14. The van der Waals surface area contributed by atoms with E-state index in [1.807, 2.05) is 17.9 Å². The van der Waals surface area contributed by atoms with E-state index >= 15 is 0 Å². The molecule has 0 aliphatic heterocycles. The number of rotatable bonds is 5. The molecule has 3 nitrogen and oxygen atoms in total. The highest BCUT2D eigenvalue weighted by atomic mass is 79.9. The van der Waals surface area contributed by atoms with E-state index in [0.29, 0.717) is 6.04 Å². The van der Waals surface area contributed by atoms with Gasteiger partial charge >= 0.3 is 0 Å². The minimum absolute atomic E-state index is 0.382. The maximum Gasteiger partial charge on any atom is 0.0637 e. The van der Waals surface area contributed by atoms with Crippen molar-refractivity contribution in [2.45, 2.75) is 19.4 Å². The van der Waals surface area contributed by atoms with Crippen LogP contribution >= 0.6 is 27.3 Å². The number of aromatic nitrogens is 2. The summed E-state index contributed by atoms with van der Waals surface area (Å²) in [6, 6.07) is 4.54. The lowest BCUT2D eigenvalue weighted by molar-refractivity contribution is 0.577. The first kappa shape index (κ1) is 12.8. The van der Waals surface area contributed by atoms with Crippen molar-refractivity contribution in [1.29, 1.82) is 0 Å². The molecule has 0 saturated heterocycles. The predicted octanol–water partition coefficient (Wildman–Crippen LogP) is 3.14. The molecule has 2 rings (SSSR count). The zero-order chi connectivity index (χ0) is 12.3. The Labute approximate surface area is 114 Å². The van der Waals surface area contributed by atoms with Crippen LogP contribution in [0.2, 0.25) is 0 Å². The Balaban J connectivity index is 1.81. The van der Waals surface area contributed by atoms with E-state index < -0.39 is 0 Å². The molecule has 92 valence electrons. The third-order valence-corrected chi connectivity index (χ3v) is 4.69.